The van der Waals surface area contributed by atoms with Gasteiger partial charge in [-0.15, -0.1) is 0 Å². The van der Waals surface area contributed by atoms with Crippen LogP contribution in [-0.4, -0.2) is 77.3 Å². The van der Waals surface area contributed by atoms with Crippen molar-refractivity contribution < 1.29 is 19.1 Å². The van der Waals surface area contributed by atoms with Crippen molar-refractivity contribution >= 4 is 17.7 Å². The van der Waals surface area contributed by atoms with Crippen LogP contribution in [0.5, 0.6) is 0 Å². The van der Waals surface area contributed by atoms with Crippen molar-refractivity contribution in [1.29, 1.82) is 0 Å². The lowest BCUT2D eigenvalue weighted by Crippen LogP contribution is -2.53. The fourth-order valence-electron chi connectivity index (χ4n) is 4.57. The molecule has 4 rings (SSSR count). The van der Waals surface area contributed by atoms with Crippen LogP contribution in [0.2, 0.25) is 0 Å². The van der Waals surface area contributed by atoms with E-state index < -0.39 is 5.60 Å². The SMILES string of the molecule is CC(C)CN(C(=O)c1ncc(C2CC2)cc1NC1COC1)[C@H]1CCCN(C(=O)OC(C)(C)C)C1. The monoisotopic (exact) mass is 472 g/mol. The van der Waals surface area contributed by atoms with Gasteiger partial charge in [0.2, 0.25) is 0 Å². The topological polar surface area (TPSA) is 84.0 Å². The van der Waals surface area contributed by atoms with Crippen molar-refractivity contribution in [3.63, 3.8) is 0 Å². The molecule has 1 aromatic heterocycles. The summed E-state index contributed by atoms with van der Waals surface area (Å²) in [6.45, 7) is 12.9. The molecule has 2 saturated heterocycles. The zero-order valence-electron chi connectivity index (χ0n) is 21.3. The summed E-state index contributed by atoms with van der Waals surface area (Å²) >= 11 is 0. The Morgan fingerprint density at radius 3 is 2.59 bits per heavy atom. The van der Waals surface area contributed by atoms with Crippen molar-refractivity contribution in [3.8, 4) is 0 Å². The van der Waals surface area contributed by atoms with E-state index in [1.54, 1.807) is 4.90 Å². The lowest BCUT2D eigenvalue weighted by molar-refractivity contribution is 0.00936. The third-order valence-electron chi connectivity index (χ3n) is 6.47. The minimum atomic E-state index is -0.545. The Kier molecular flexibility index (Phi) is 7.36. The number of likely N-dealkylation sites (tertiary alicyclic amines) is 1. The maximum Gasteiger partial charge on any atom is 0.410 e. The number of hydrogen-bond donors (Lipinski definition) is 1. The Bertz CT molecular complexity index is 889. The fraction of sp³-hybridized carbons (Fsp3) is 0.731. The maximum atomic E-state index is 13.9. The Hall–Kier alpha value is -2.35. The van der Waals surface area contributed by atoms with Crippen molar-refractivity contribution in [2.75, 3.05) is 38.2 Å². The second-order valence-corrected chi connectivity index (χ2v) is 11.4. The van der Waals surface area contributed by atoms with Gasteiger partial charge >= 0.3 is 6.09 Å². The number of ether oxygens (including phenoxy) is 2. The van der Waals surface area contributed by atoms with Crippen LogP contribution < -0.4 is 5.32 Å². The molecule has 3 heterocycles. The van der Waals surface area contributed by atoms with Crippen molar-refractivity contribution in [3.05, 3.63) is 23.5 Å². The highest BCUT2D eigenvalue weighted by molar-refractivity contribution is 5.98. The van der Waals surface area contributed by atoms with Gasteiger partial charge in [-0.05, 0) is 69.9 Å². The fourth-order valence-corrected chi connectivity index (χ4v) is 4.57. The van der Waals surface area contributed by atoms with E-state index in [2.05, 4.69) is 30.2 Å². The lowest BCUT2D eigenvalue weighted by atomic mass is 10.0. The molecule has 8 nitrogen and oxygen atoms in total. The smallest absolute Gasteiger partial charge is 0.410 e. The second kappa shape index (κ2) is 10.1. The van der Waals surface area contributed by atoms with E-state index in [1.165, 1.54) is 18.4 Å². The molecule has 34 heavy (non-hydrogen) atoms. The van der Waals surface area contributed by atoms with Crippen LogP contribution >= 0.6 is 0 Å². The summed E-state index contributed by atoms with van der Waals surface area (Å²) in [6.07, 6.45) is 5.62. The molecular weight excluding hydrogens is 432 g/mol. The molecule has 188 valence electrons. The summed E-state index contributed by atoms with van der Waals surface area (Å²) in [5.41, 5.74) is 1.92. The number of pyridine rings is 1. The number of hydrogen-bond acceptors (Lipinski definition) is 6. The minimum absolute atomic E-state index is 0.0686. The van der Waals surface area contributed by atoms with Gasteiger partial charge in [0.05, 0.1) is 24.9 Å². The highest BCUT2D eigenvalue weighted by Gasteiger charge is 2.35. The van der Waals surface area contributed by atoms with Crippen molar-refractivity contribution in [2.45, 2.75) is 83.9 Å². The normalized spacial score (nSPS) is 21.2. The number of anilines is 1. The van der Waals surface area contributed by atoms with E-state index in [0.29, 0.717) is 50.4 Å². The molecule has 3 fully saturated rings. The molecule has 1 atom stereocenters. The number of nitrogens with one attached hydrogen (secondary N) is 1. The summed E-state index contributed by atoms with van der Waals surface area (Å²) in [7, 11) is 0. The number of nitrogens with zero attached hydrogens (tertiary/aromatic N) is 3. The number of carbonyl (C=O) groups is 2. The highest BCUT2D eigenvalue weighted by Crippen LogP contribution is 2.41. The van der Waals surface area contributed by atoms with E-state index in [1.807, 2.05) is 31.9 Å². The molecule has 0 bridgehead atoms. The molecule has 8 heteroatoms. The highest BCUT2D eigenvalue weighted by atomic mass is 16.6. The Labute approximate surface area is 203 Å². The molecule has 1 aromatic rings. The molecule has 0 radical (unpaired) electrons. The van der Waals surface area contributed by atoms with Gasteiger partial charge in [0, 0.05) is 31.9 Å². The molecule has 0 unspecified atom stereocenters. The van der Waals surface area contributed by atoms with Gasteiger partial charge in [-0.2, -0.15) is 0 Å². The van der Waals surface area contributed by atoms with E-state index in [-0.39, 0.29) is 24.1 Å². The Morgan fingerprint density at radius 2 is 2.00 bits per heavy atom. The third-order valence-corrected chi connectivity index (χ3v) is 6.47. The summed E-state index contributed by atoms with van der Waals surface area (Å²) in [4.78, 5) is 35.0. The third kappa shape index (κ3) is 6.20. The lowest BCUT2D eigenvalue weighted by Gasteiger charge is -2.40. The first-order valence-corrected chi connectivity index (χ1v) is 12.7. The van der Waals surface area contributed by atoms with Crippen LogP contribution in [0.1, 0.15) is 82.3 Å². The van der Waals surface area contributed by atoms with Crippen LogP contribution in [0.25, 0.3) is 0 Å². The van der Waals surface area contributed by atoms with Gasteiger partial charge in [0.1, 0.15) is 5.60 Å². The van der Waals surface area contributed by atoms with Gasteiger partial charge in [0.15, 0.2) is 5.69 Å². The molecule has 2 aliphatic heterocycles. The van der Waals surface area contributed by atoms with Gasteiger partial charge < -0.3 is 24.6 Å². The molecule has 3 aliphatic rings. The largest absolute Gasteiger partial charge is 0.444 e. The number of aromatic nitrogens is 1. The van der Waals surface area contributed by atoms with E-state index in [0.717, 1.165) is 18.5 Å². The summed E-state index contributed by atoms with van der Waals surface area (Å²) in [5.74, 6) is 0.778. The Balaban J connectivity index is 1.56. The average Bonchev–Trinajstić information content (AvgIpc) is 3.58. The first-order chi connectivity index (χ1) is 16.1. The zero-order valence-corrected chi connectivity index (χ0v) is 21.3. The molecule has 1 saturated carbocycles. The quantitative estimate of drug-likeness (QED) is 0.638. The Morgan fingerprint density at radius 1 is 1.26 bits per heavy atom. The number of carbonyl (C=O) groups excluding carboxylic acids is 2. The first kappa shape index (κ1) is 24.8. The van der Waals surface area contributed by atoms with Crippen LogP contribution in [0.4, 0.5) is 10.5 Å². The standard InChI is InChI=1S/C26H40N4O4/c1-17(2)13-30(21-7-6-10-29(14-21)25(32)34-26(3,4)5)24(31)23-22(28-20-15-33-16-20)11-19(12-27-23)18-8-9-18/h11-12,17-18,20-21,28H,6-10,13-16H2,1-5H3/t21-/m0/s1. The molecule has 2 amide bonds. The minimum Gasteiger partial charge on any atom is -0.444 e. The molecule has 0 spiro atoms. The van der Waals surface area contributed by atoms with Gasteiger partial charge in [-0.25, -0.2) is 9.78 Å². The summed E-state index contributed by atoms with van der Waals surface area (Å²) in [6, 6.07) is 2.25. The van der Waals surface area contributed by atoms with Crippen LogP contribution in [0.15, 0.2) is 12.3 Å². The van der Waals surface area contributed by atoms with Crippen molar-refractivity contribution in [2.24, 2.45) is 5.92 Å². The number of piperidine rings is 1. The second-order valence-electron chi connectivity index (χ2n) is 11.4. The number of amides is 2. The molecule has 1 N–H and O–H groups in total. The maximum absolute atomic E-state index is 13.9. The van der Waals surface area contributed by atoms with Crippen molar-refractivity contribution in [1.82, 2.24) is 14.8 Å². The van der Waals surface area contributed by atoms with Gasteiger partial charge in [-0.3, -0.25) is 4.79 Å². The van der Waals surface area contributed by atoms with Gasteiger partial charge in [0.25, 0.3) is 5.91 Å². The average molecular weight is 473 g/mol. The van der Waals surface area contributed by atoms with Crippen LogP contribution in [-0.2, 0) is 9.47 Å². The van der Waals surface area contributed by atoms with E-state index in [9.17, 15) is 9.59 Å². The first-order valence-electron chi connectivity index (χ1n) is 12.7. The van der Waals surface area contributed by atoms with Crippen LogP contribution in [0.3, 0.4) is 0 Å². The summed E-state index contributed by atoms with van der Waals surface area (Å²) < 4.78 is 10.9. The zero-order chi connectivity index (χ0) is 24.5. The molecular formula is C26H40N4O4. The van der Waals surface area contributed by atoms with E-state index in [4.69, 9.17) is 9.47 Å². The predicted molar refractivity (Wildman–Crippen MR) is 131 cm³/mol. The molecule has 0 aromatic carbocycles. The van der Waals surface area contributed by atoms with Gasteiger partial charge in [-0.1, -0.05) is 13.8 Å². The predicted octanol–water partition coefficient (Wildman–Crippen LogP) is 4.27. The van der Waals surface area contributed by atoms with E-state index >= 15 is 0 Å². The molecule has 1 aliphatic carbocycles. The van der Waals surface area contributed by atoms with Crippen LogP contribution in [0, 0.1) is 5.92 Å². The summed E-state index contributed by atoms with van der Waals surface area (Å²) in [5, 5.41) is 3.50. The number of rotatable bonds is 7.